The van der Waals surface area contributed by atoms with Gasteiger partial charge in [0.15, 0.2) is 0 Å². The minimum Gasteiger partial charge on any atom is -0.337 e. The van der Waals surface area contributed by atoms with Gasteiger partial charge in [0.25, 0.3) is 0 Å². The van der Waals surface area contributed by atoms with Crippen molar-refractivity contribution in [3.8, 4) is 0 Å². The topological polar surface area (TPSA) is 37.4 Å². The third-order valence-corrected chi connectivity index (χ3v) is 2.72. The van der Waals surface area contributed by atoms with Crippen molar-refractivity contribution in [3.63, 3.8) is 0 Å². The number of rotatable bonds is 3. The predicted octanol–water partition coefficient (Wildman–Crippen LogP) is 1.36. The minimum absolute atomic E-state index is 0.129. The lowest BCUT2D eigenvalue weighted by Crippen LogP contribution is -2.38. The van der Waals surface area contributed by atoms with Crippen LogP contribution in [0.3, 0.4) is 0 Å². The third-order valence-electron chi connectivity index (χ3n) is 2.72. The summed E-state index contributed by atoms with van der Waals surface area (Å²) in [5.41, 5.74) is 0. The number of carbonyl (C=O) groups excluding carboxylic acids is 2. The van der Waals surface area contributed by atoms with Crippen molar-refractivity contribution in [3.05, 3.63) is 0 Å². The van der Waals surface area contributed by atoms with Crippen molar-refractivity contribution < 1.29 is 9.59 Å². The number of hydrogen-bond acceptors (Lipinski definition) is 2. The first-order valence-corrected chi connectivity index (χ1v) is 4.91. The zero-order chi connectivity index (χ0) is 9.84. The van der Waals surface area contributed by atoms with Gasteiger partial charge in [-0.05, 0) is 26.7 Å². The highest BCUT2D eigenvalue weighted by atomic mass is 16.2. The average Bonchev–Trinajstić information content (AvgIpc) is 2.42. The van der Waals surface area contributed by atoms with Crippen LogP contribution < -0.4 is 0 Å². The van der Waals surface area contributed by atoms with Crippen LogP contribution in [0.25, 0.3) is 0 Å². The van der Waals surface area contributed by atoms with Gasteiger partial charge in [-0.15, -0.1) is 0 Å². The second-order valence-corrected chi connectivity index (χ2v) is 3.78. The van der Waals surface area contributed by atoms with E-state index in [1.165, 1.54) is 0 Å². The summed E-state index contributed by atoms with van der Waals surface area (Å²) in [6, 6.07) is 0.711. The van der Waals surface area contributed by atoms with Gasteiger partial charge in [-0.1, -0.05) is 0 Å². The Balaban J connectivity index is 2.48. The van der Waals surface area contributed by atoms with Crippen LogP contribution in [0, 0.1) is 0 Å². The first-order chi connectivity index (χ1) is 6.16. The van der Waals surface area contributed by atoms with E-state index in [1.54, 1.807) is 0 Å². The summed E-state index contributed by atoms with van der Waals surface area (Å²) >= 11 is 0. The van der Waals surface area contributed by atoms with Crippen LogP contribution in [-0.2, 0) is 9.59 Å². The highest BCUT2D eigenvalue weighted by Gasteiger charge is 2.30. The molecule has 74 valence electrons. The molecule has 0 saturated carbocycles. The summed E-state index contributed by atoms with van der Waals surface area (Å²) in [6.07, 6.45) is 3.72. The highest BCUT2D eigenvalue weighted by Crippen LogP contribution is 2.24. The monoisotopic (exact) mass is 183 g/mol. The molecule has 0 aliphatic carbocycles. The van der Waals surface area contributed by atoms with Crippen LogP contribution in [0.15, 0.2) is 0 Å². The van der Waals surface area contributed by atoms with E-state index in [-0.39, 0.29) is 5.91 Å². The molecule has 0 spiro atoms. The zero-order valence-electron chi connectivity index (χ0n) is 8.32. The summed E-state index contributed by atoms with van der Waals surface area (Å²) in [5, 5.41) is 0. The second kappa shape index (κ2) is 4.40. The summed E-state index contributed by atoms with van der Waals surface area (Å²) in [5.74, 6) is 0.129. The Hall–Kier alpha value is -0.860. The Bertz CT molecular complexity index is 193. The first-order valence-electron chi connectivity index (χ1n) is 4.91. The van der Waals surface area contributed by atoms with Crippen molar-refractivity contribution in [2.24, 2.45) is 0 Å². The van der Waals surface area contributed by atoms with E-state index < -0.39 is 0 Å². The highest BCUT2D eigenvalue weighted by molar-refractivity contribution is 5.79. The molecule has 0 aromatic rings. The van der Waals surface area contributed by atoms with E-state index in [9.17, 15) is 9.59 Å². The second-order valence-electron chi connectivity index (χ2n) is 3.78. The average molecular weight is 183 g/mol. The van der Waals surface area contributed by atoms with E-state index in [4.69, 9.17) is 0 Å². The van der Waals surface area contributed by atoms with E-state index >= 15 is 0 Å². The fraction of sp³-hybridized carbons (Fsp3) is 0.800. The van der Waals surface area contributed by atoms with Gasteiger partial charge in [-0.2, -0.15) is 0 Å². The minimum atomic E-state index is 0.129. The molecular weight excluding hydrogens is 166 g/mol. The quantitative estimate of drug-likeness (QED) is 0.620. The normalized spacial score (nSPS) is 27.7. The molecule has 0 aromatic heterocycles. The van der Waals surface area contributed by atoms with E-state index in [2.05, 4.69) is 13.8 Å². The van der Waals surface area contributed by atoms with Crippen molar-refractivity contribution in [1.29, 1.82) is 0 Å². The van der Waals surface area contributed by atoms with Gasteiger partial charge in [0, 0.05) is 24.9 Å². The molecule has 1 rings (SSSR count). The van der Waals surface area contributed by atoms with Gasteiger partial charge in [0.2, 0.25) is 5.91 Å². The van der Waals surface area contributed by atoms with Crippen molar-refractivity contribution in [2.75, 3.05) is 0 Å². The number of nitrogens with zero attached hydrogens (tertiary/aromatic N) is 1. The molecule has 13 heavy (non-hydrogen) atoms. The molecular formula is C10H17NO2. The summed E-state index contributed by atoms with van der Waals surface area (Å²) in [4.78, 5) is 23.6. The molecule has 1 saturated heterocycles. The smallest absolute Gasteiger partial charge is 0.223 e. The third kappa shape index (κ3) is 2.29. The Kier molecular flexibility index (Phi) is 3.46. The van der Waals surface area contributed by atoms with Gasteiger partial charge in [-0.25, -0.2) is 0 Å². The molecule has 1 amide bonds. The van der Waals surface area contributed by atoms with Gasteiger partial charge < -0.3 is 9.69 Å². The van der Waals surface area contributed by atoms with Gasteiger partial charge in [0.1, 0.15) is 6.29 Å². The van der Waals surface area contributed by atoms with Crippen LogP contribution in [0.1, 0.15) is 39.5 Å². The lowest BCUT2D eigenvalue weighted by molar-refractivity contribution is -0.134. The zero-order valence-corrected chi connectivity index (χ0v) is 8.32. The first kappa shape index (κ1) is 10.2. The largest absolute Gasteiger partial charge is 0.337 e. The van der Waals surface area contributed by atoms with E-state index in [1.807, 2.05) is 4.90 Å². The SMILES string of the molecule is C[C@H]1CC[C@H](C)N1C(=O)CCC=O. The standard InChI is InChI=1S/C10H17NO2/c1-8-5-6-9(2)11(8)10(13)4-3-7-12/h7-9H,3-6H2,1-2H3/t8-,9-/m0/s1. The molecule has 3 nitrogen and oxygen atoms in total. The van der Waals surface area contributed by atoms with Crippen LogP contribution >= 0.6 is 0 Å². The number of aldehydes is 1. The van der Waals surface area contributed by atoms with Crippen molar-refractivity contribution in [1.82, 2.24) is 4.90 Å². The van der Waals surface area contributed by atoms with E-state index in [0.717, 1.165) is 19.1 Å². The van der Waals surface area contributed by atoms with Crippen LogP contribution in [0.2, 0.25) is 0 Å². The van der Waals surface area contributed by atoms with Crippen LogP contribution in [0.4, 0.5) is 0 Å². The molecule has 1 heterocycles. The number of amides is 1. The molecule has 0 unspecified atom stereocenters. The molecule has 3 heteroatoms. The molecule has 0 radical (unpaired) electrons. The molecule has 1 aliphatic heterocycles. The van der Waals surface area contributed by atoms with Crippen LogP contribution in [-0.4, -0.2) is 29.2 Å². The fourth-order valence-electron chi connectivity index (χ4n) is 2.00. The maximum absolute atomic E-state index is 11.6. The molecule has 0 N–H and O–H groups in total. The predicted molar refractivity (Wildman–Crippen MR) is 50.3 cm³/mol. The Labute approximate surface area is 79.1 Å². The summed E-state index contributed by atoms with van der Waals surface area (Å²) in [6.45, 7) is 4.14. The Morgan fingerprint density at radius 3 is 2.38 bits per heavy atom. The van der Waals surface area contributed by atoms with Crippen LogP contribution in [0.5, 0.6) is 0 Å². The maximum Gasteiger partial charge on any atom is 0.223 e. The van der Waals surface area contributed by atoms with Crippen molar-refractivity contribution in [2.45, 2.75) is 51.6 Å². The fourth-order valence-corrected chi connectivity index (χ4v) is 2.00. The number of carbonyl (C=O) groups is 2. The molecule has 1 fully saturated rings. The van der Waals surface area contributed by atoms with Gasteiger partial charge in [-0.3, -0.25) is 4.79 Å². The number of likely N-dealkylation sites (tertiary alicyclic amines) is 1. The summed E-state index contributed by atoms with van der Waals surface area (Å²) < 4.78 is 0. The summed E-state index contributed by atoms with van der Waals surface area (Å²) in [7, 11) is 0. The molecule has 0 bridgehead atoms. The van der Waals surface area contributed by atoms with Gasteiger partial charge >= 0.3 is 0 Å². The number of hydrogen-bond donors (Lipinski definition) is 0. The lowest BCUT2D eigenvalue weighted by Gasteiger charge is -2.26. The van der Waals surface area contributed by atoms with Gasteiger partial charge in [0.05, 0.1) is 0 Å². The Morgan fingerprint density at radius 1 is 1.38 bits per heavy atom. The maximum atomic E-state index is 11.6. The van der Waals surface area contributed by atoms with E-state index in [0.29, 0.717) is 24.9 Å². The Morgan fingerprint density at radius 2 is 1.92 bits per heavy atom. The molecule has 1 aliphatic rings. The lowest BCUT2D eigenvalue weighted by atomic mass is 10.2. The molecule has 0 aromatic carbocycles. The van der Waals surface area contributed by atoms with Crippen molar-refractivity contribution >= 4 is 12.2 Å². The molecule has 2 atom stereocenters.